The number of piperidine rings is 1. The number of nitrogens with one attached hydrogen (secondary N) is 1. The van der Waals surface area contributed by atoms with Crippen molar-refractivity contribution in [3.8, 4) is 5.75 Å². The van der Waals surface area contributed by atoms with Gasteiger partial charge in [0.1, 0.15) is 22.9 Å². The van der Waals surface area contributed by atoms with Gasteiger partial charge in [0.2, 0.25) is 0 Å². The second-order valence-corrected chi connectivity index (χ2v) is 13.9. The van der Waals surface area contributed by atoms with E-state index < -0.39 is 5.54 Å². The first-order valence-corrected chi connectivity index (χ1v) is 16.2. The molecule has 6 nitrogen and oxygen atoms in total. The molecule has 0 unspecified atom stereocenters. The molecule has 2 spiro atoms. The van der Waals surface area contributed by atoms with Gasteiger partial charge in [-0.15, -0.1) is 0 Å². The van der Waals surface area contributed by atoms with Gasteiger partial charge in [-0.2, -0.15) is 4.99 Å². The Bertz CT molecular complexity index is 1550. The number of amidine groups is 1. The van der Waals surface area contributed by atoms with Gasteiger partial charge in [0.25, 0.3) is 0 Å². The number of ether oxygens (including phenoxy) is 1. The van der Waals surface area contributed by atoms with Gasteiger partial charge in [0.05, 0.1) is 6.10 Å². The van der Waals surface area contributed by atoms with Gasteiger partial charge < -0.3 is 10.1 Å². The number of hydrogen-bond donors (Lipinski definition) is 1. The summed E-state index contributed by atoms with van der Waals surface area (Å²) in [6.45, 7) is 7.89. The lowest BCUT2D eigenvalue weighted by atomic mass is 9.80. The number of nitrogens with zero attached hydrogens (tertiary/aromatic N) is 3. The molecule has 2 heterocycles. The van der Waals surface area contributed by atoms with Crippen LogP contribution in [0.3, 0.4) is 0 Å². The fourth-order valence-corrected chi connectivity index (χ4v) is 8.09. The Morgan fingerprint density at radius 2 is 1.77 bits per heavy atom. The molecule has 7 rings (SSSR count). The molecule has 2 amide bonds. The number of benzene rings is 3. The fraction of sp³-hybridized carbons (Fsp3) is 0.459. The Hall–Kier alpha value is -3.71. The van der Waals surface area contributed by atoms with Crippen molar-refractivity contribution in [2.75, 3.05) is 11.4 Å². The first-order chi connectivity index (χ1) is 21.2. The van der Waals surface area contributed by atoms with Crippen molar-refractivity contribution >= 4 is 17.6 Å². The molecule has 4 atom stereocenters. The molecule has 230 valence electrons. The topological polar surface area (TPSA) is 57.2 Å². The van der Waals surface area contributed by atoms with E-state index in [9.17, 15) is 9.18 Å². The summed E-state index contributed by atoms with van der Waals surface area (Å²) < 4.78 is 20.5. The third kappa shape index (κ3) is 5.51. The van der Waals surface area contributed by atoms with Crippen molar-refractivity contribution in [2.24, 2.45) is 10.4 Å². The second-order valence-electron chi connectivity index (χ2n) is 13.9. The van der Waals surface area contributed by atoms with Crippen molar-refractivity contribution in [2.45, 2.75) is 95.5 Å². The van der Waals surface area contributed by atoms with E-state index >= 15 is 0 Å². The van der Waals surface area contributed by atoms with Gasteiger partial charge in [0.15, 0.2) is 0 Å². The van der Waals surface area contributed by atoms with Gasteiger partial charge in [-0.05, 0) is 106 Å². The molecule has 3 aromatic carbocycles. The number of aliphatic imine (C=N–C) groups is 1. The van der Waals surface area contributed by atoms with E-state index in [4.69, 9.17) is 9.73 Å². The van der Waals surface area contributed by atoms with Crippen LogP contribution < -0.4 is 15.0 Å². The molecule has 0 aromatic heterocycles. The van der Waals surface area contributed by atoms with E-state index in [1.807, 2.05) is 26.0 Å². The van der Waals surface area contributed by atoms with Crippen molar-refractivity contribution in [3.63, 3.8) is 0 Å². The summed E-state index contributed by atoms with van der Waals surface area (Å²) in [5, 5.41) is 3.90. The summed E-state index contributed by atoms with van der Waals surface area (Å²) >= 11 is 0. The van der Waals surface area contributed by atoms with Crippen molar-refractivity contribution in [3.05, 3.63) is 95.8 Å². The summed E-state index contributed by atoms with van der Waals surface area (Å²) in [6.07, 6.45) is 6.34. The maximum Gasteiger partial charge on any atom is 0.350 e. The number of amides is 2. The number of hydrogen-bond acceptors (Lipinski definition) is 4. The van der Waals surface area contributed by atoms with E-state index in [1.54, 1.807) is 11.0 Å². The highest BCUT2D eigenvalue weighted by atomic mass is 19.1. The van der Waals surface area contributed by atoms with Crippen LogP contribution >= 0.6 is 0 Å². The Kier molecular flexibility index (Phi) is 7.48. The standard InChI is InChI=1S/C37H43FN4O2/c1-25(2)44-31-14-7-9-27(19-31)24-41-18-17-37(21-26(41)3)34(40-35(43)42(37)30-13-8-12-29(38)20-30)39-33-23-36(15-16-36)22-32(33)28-10-5-4-6-11-28/h4-14,19-20,25-26,32-33H,15-18,21-24H2,1-3H3,(H,39,40,43)/t26-,32-,33+,37+/m0/s1. The zero-order valence-electron chi connectivity index (χ0n) is 26.0. The summed E-state index contributed by atoms with van der Waals surface area (Å²) in [7, 11) is 0. The van der Waals surface area contributed by atoms with E-state index in [-0.39, 0.29) is 30.0 Å². The molecule has 7 heteroatoms. The third-order valence-corrected chi connectivity index (χ3v) is 10.4. The van der Waals surface area contributed by atoms with Crippen LogP contribution in [-0.2, 0) is 6.54 Å². The highest BCUT2D eigenvalue weighted by molar-refractivity contribution is 6.16. The normalized spacial score (nSPS) is 27.8. The lowest BCUT2D eigenvalue weighted by Crippen LogP contribution is -2.63. The summed E-state index contributed by atoms with van der Waals surface area (Å²) in [4.78, 5) is 22.8. The third-order valence-electron chi connectivity index (χ3n) is 10.4. The minimum atomic E-state index is -0.663. The van der Waals surface area contributed by atoms with Crippen LogP contribution in [0.5, 0.6) is 5.75 Å². The Balaban J connectivity index is 1.18. The number of carbonyl (C=O) groups excluding carboxylic acids is 1. The predicted molar refractivity (Wildman–Crippen MR) is 173 cm³/mol. The van der Waals surface area contributed by atoms with Gasteiger partial charge in [-0.25, -0.2) is 9.18 Å². The molecule has 1 saturated heterocycles. The number of halogens is 1. The van der Waals surface area contributed by atoms with E-state index in [0.29, 0.717) is 29.9 Å². The monoisotopic (exact) mass is 594 g/mol. The van der Waals surface area contributed by atoms with E-state index in [1.165, 1.54) is 42.5 Å². The number of rotatable bonds is 7. The number of likely N-dealkylation sites (tertiary alicyclic amines) is 1. The van der Waals surface area contributed by atoms with Crippen LogP contribution in [-0.4, -0.2) is 47.0 Å². The van der Waals surface area contributed by atoms with Gasteiger partial charge in [-0.3, -0.25) is 9.80 Å². The molecule has 2 aliphatic carbocycles. The second kappa shape index (κ2) is 11.3. The number of carbonyl (C=O) groups is 1. The quantitative estimate of drug-likeness (QED) is 0.305. The highest BCUT2D eigenvalue weighted by Gasteiger charge is 2.57. The first-order valence-electron chi connectivity index (χ1n) is 16.2. The summed E-state index contributed by atoms with van der Waals surface area (Å²) in [5.74, 6) is 1.66. The van der Waals surface area contributed by atoms with Gasteiger partial charge in [0, 0.05) is 36.8 Å². The van der Waals surface area contributed by atoms with Gasteiger partial charge >= 0.3 is 6.03 Å². The minimum Gasteiger partial charge on any atom is -0.491 e. The molecular formula is C37H43FN4O2. The minimum absolute atomic E-state index is 0.120. The Labute approximate surface area is 260 Å². The lowest BCUT2D eigenvalue weighted by molar-refractivity contribution is 0.122. The zero-order valence-corrected chi connectivity index (χ0v) is 26.0. The molecule has 0 radical (unpaired) electrons. The molecule has 4 aliphatic rings. The summed E-state index contributed by atoms with van der Waals surface area (Å²) in [6, 6.07) is 25.6. The molecule has 44 heavy (non-hydrogen) atoms. The number of urea groups is 1. The van der Waals surface area contributed by atoms with Crippen LogP contribution in [0.15, 0.2) is 83.9 Å². The molecule has 2 aliphatic heterocycles. The molecule has 0 bridgehead atoms. The van der Waals surface area contributed by atoms with Crippen molar-refractivity contribution < 1.29 is 13.9 Å². The van der Waals surface area contributed by atoms with Crippen molar-refractivity contribution in [1.82, 2.24) is 10.2 Å². The fourth-order valence-electron chi connectivity index (χ4n) is 8.09. The van der Waals surface area contributed by atoms with Crippen LogP contribution in [0.4, 0.5) is 14.9 Å². The smallest absolute Gasteiger partial charge is 0.350 e. The van der Waals surface area contributed by atoms with Crippen LogP contribution in [0.1, 0.15) is 76.3 Å². The zero-order chi connectivity index (χ0) is 30.5. The lowest BCUT2D eigenvalue weighted by Gasteiger charge is -2.48. The van der Waals surface area contributed by atoms with E-state index in [0.717, 1.165) is 31.1 Å². The largest absolute Gasteiger partial charge is 0.491 e. The van der Waals surface area contributed by atoms with Crippen molar-refractivity contribution in [1.29, 1.82) is 0 Å². The molecule has 3 fully saturated rings. The van der Waals surface area contributed by atoms with Gasteiger partial charge in [-0.1, -0.05) is 48.5 Å². The Morgan fingerprint density at radius 1 is 0.977 bits per heavy atom. The maximum atomic E-state index is 14.5. The maximum absolute atomic E-state index is 14.5. The Morgan fingerprint density at radius 3 is 2.50 bits per heavy atom. The molecule has 1 N–H and O–H groups in total. The van der Waals surface area contributed by atoms with Crippen LogP contribution in [0.2, 0.25) is 0 Å². The highest BCUT2D eigenvalue weighted by Crippen LogP contribution is 2.62. The predicted octanol–water partition coefficient (Wildman–Crippen LogP) is 7.69. The van der Waals surface area contributed by atoms with E-state index in [2.05, 4.69) is 65.7 Å². The average molecular weight is 595 g/mol. The van der Waals surface area contributed by atoms with Crippen LogP contribution in [0, 0.1) is 11.2 Å². The van der Waals surface area contributed by atoms with Crippen LogP contribution in [0.25, 0.3) is 0 Å². The molecular weight excluding hydrogens is 551 g/mol. The SMILES string of the molecule is CC(C)Oc1cccc(CN2CC[C@@]3(C[C@@H]2C)C(N[C@@H]2CC4(CC4)C[C@H]2c2ccccc2)=NC(=O)N3c2cccc(F)c2)c1. The molecule has 2 saturated carbocycles. The average Bonchev–Trinajstić information content (AvgIpc) is 3.57. The number of anilines is 1. The first kappa shape index (κ1) is 29.0. The molecule has 3 aromatic rings. The summed E-state index contributed by atoms with van der Waals surface area (Å²) in [5.41, 5.74) is 2.86.